The molecule has 0 aromatic carbocycles. The minimum atomic E-state index is -1.25. The van der Waals surface area contributed by atoms with Crippen molar-refractivity contribution < 1.29 is 23.3 Å². The van der Waals surface area contributed by atoms with Crippen LogP contribution in [0.5, 0.6) is 0 Å². The quantitative estimate of drug-likeness (QED) is 0.691. The molecule has 0 rings (SSSR count). The van der Waals surface area contributed by atoms with Crippen LogP contribution < -0.4 is 0 Å². The third kappa shape index (κ3) is 4.94. The first-order valence-electron chi connectivity index (χ1n) is 3.12. The molecule has 0 aliphatic rings. The zero-order valence-electron chi connectivity index (χ0n) is 6.62. The van der Waals surface area contributed by atoms with Gasteiger partial charge in [-0.2, -0.15) is 0 Å². The first-order valence-corrected chi connectivity index (χ1v) is 13.0. The Morgan fingerprint density at radius 1 is 1.50 bits per heavy atom. The van der Waals surface area contributed by atoms with E-state index in [-0.39, 0.29) is 0 Å². The Kier molecular flexibility index (Phi) is 6.52. The molecule has 0 heterocycles. The summed E-state index contributed by atoms with van der Waals surface area (Å²) in [6.45, 7) is 2.86. The van der Waals surface area contributed by atoms with Gasteiger partial charge in [0.1, 0.15) is 0 Å². The Morgan fingerprint density at radius 2 is 2.00 bits per heavy atom. The third-order valence-corrected chi connectivity index (χ3v) is 9.31. The van der Waals surface area contributed by atoms with Gasteiger partial charge < -0.3 is 0 Å². The number of halogens is 2. The van der Waals surface area contributed by atoms with Gasteiger partial charge in [0.05, 0.1) is 0 Å². The summed E-state index contributed by atoms with van der Waals surface area (Å²) in [6.07, 6.45) is 0. The molecule has 0 aromatic heterocycles. The van der Waals surface area contributed by atoms with Gasteiger partial charge in [0.2, 0.25) is 0 Å². The van der Waals surface area contributed by atoms with Crippen LogP contribution in [0.3, 0.4) is 0 Å². The molecule has 10 heavy (non-hydrogen) atoms. The molecule has 0 aliphatic carbocycles. The molecular formula is C6H11Cl2HgN. The summed E-state index contributed by atoms with van der Waals surface area (Å²) < 4.78 is 1.31. The molecule has 0 radical (unpaired) electrons. The van der Waals surface area contributed by atoms with Crippen molar-refractivity contribution in [1.29, 1.82) is 0 Å². The Morgan fingerprint density at radius 3 is 2.10 bits per heavy atom. The topological polar surface area (TPSA) is 3.24 Å². The van der Waals surface area contributed by atoms with E-state index >= 15 is 0 Å². The fourth-order valence-electron chi connectivity index (χ4n) is 0.625. The number of hydrogen-bond acceptors (Lipinski definition) is 1. The summed E-state index contributed by atoms with van der Waals surface area (Å²) in [6, 6.07) is 0. The van der Waals surface area contributed by atoms with Crippen LogP contribution in [-0.2, 0) is 23.3 Å². The first kappa shape index (κ1) is 11.2. The van der Waals surface area contributed by atoms with Crippen molar-refractivity contribution in [1.82, 2.24) is 4.90 Å². The molecule has 0 bridgehead atoms. The summed E-state index contributed by atoms with van der Waals surface area (Å²) in [4.78, 5) is 2.10. The van der Waals surface area contributed by atoms with Gasteiger partial charge >= 0.3 is 83.8 Å². The van der Waals surface area contributed by atoms with Crippen molar-refractivity contribution in [3.8, 4) is 0 Å². The molecule has 56 valence electrons. The van der Waals surface area contributed by atoms with E-state index in [4.69, 9.17) is 19.9 Å². The van der Waals surface area contributed by atoms with Gasteiger partial charge in [0.15, 0.2) is 0 Å². The van der Waals surface area contributed by atoms with Crippen molar-refractivity contribution in [3.05, 3.63) is 8.11 Å². The fraction of sp³-hybridized carbons (Fsp3) is 0.667. The Balaban J connectivity index is 3.97. The molecular weight excluding hydrogens is 358 g/mol. The van der Waals surface area contributed by atoms with Crippen molar-refractivity contribution in [2.75, 3.05) is 20.6 Å². The fourth-order valence-corrected chi connectivity index (χ4v) is 7.15. The summed E-state index contributed by atoms with van der Waals surface area (Å²) in [5.74, 6) is 0. The van der Waals surface area contributed by atoms with Crippen molar-refractivity contribution in [2.45, 2.75) is 6.92 Å². The Labute approximate surface area is 83.2 Å². The summed E-state index contributed by atoms with van der Waals surface area (Å²) in [5, 5.41) is 0.908. The molecule has 4 heteroatoms. The minimum absolute atomic E-state index is 0.908. The van der Waals surface area contributed by atoms with Crippen LogP contribution in [0.15, 0.2) is 8.11 Å². The monoisotopic (exact) mass is 369 g/mol. The van der Waals surface area contributed by atoms with E-state index in [2.05, 4.69) is 4.90 Å². The molecule has 0 aliphatic heterocycles. The predicted molar refractivity (Wildman–Crippen MR) is 43.0 cm³/mol. The Hall–Kier alpha value is 1.22. The van der Waals surface area contributed by atoms with E-state index in [1.54, 1.807) is 0 Å². The molecule has 0 N–H and O–H groups in total. The van der Waals surface area contributed by atoms with Crippen LogP contribution in [0.25, 0.3) is 0 Å². The van der Waals surface area contributed by atoms with E-state index < -0.39 is 23.3 Å². The molecule has 0 unspecified atom stereocenters. The van der Waals surface area contributed by atoms with Crippen molar-refractivity contribution in [2.24, 2.45) is 0 Å². The summed E-state index contributed by atoms with van der Waals surface area (Å²) in [7, 11) is 9.92. The molecule has 1 nitrogen and oxygen atoms in total. The average molecular weight is 369 g/mol. The second-order valence-corrected chi connectivity index (χ2v) is 9.78. The van der Waals surface area contributed by atoms with Gasteiger partial charge in [-0.3, -0.25) is 0 Å². The maximum absolute atomic E-state index is 5.86. The number of hydrogen-bond donors (Lipinski definition) is 0. The van der Waals surface area contributed by atoms with E-state index in [1.807, 2.05) is 21.0 Å². The standard InChI is InChI=1S/C6H11ClN.ClH.Hg/c1-6(7)4-5-8(2)3;;/h5H2,1-3H3;1H;/q;;+1/p-1. The van der Waals surface area contributed by atoms with Crippen LogP contribution >= 0.6 is 19.9 Å². The van der Waals surface area contributed by atoms with Gasteiger partial charge in [-0.25, -0.2) is 0 Å². The van der Waals surface area contributed by atoms with Crippen LogP contribution in [0.2, 0.25) is 0 Å². The van der Waals surface area contributed by atoms with Crippen molar-refractivity contribution >= 4 is 19.9 Å². The van der Waals surface area contributed by atoms with E-state index in [0.717, 1.165) is 11.6 Å². The van der Waals surface area contributed by atoms with Crippen LogP contribution in [0, 0.1) is 0 Å². The van der Waals surface area contributed by atoms with Gasteiger partial charge in [-0.05, 0) is 0 Å². The van der Waals surface area contributed by atoms with Crippen LogP contribution in [-0.4, -0.2) is 25.5 Å². The molecule has 0 aromatic rings. The Bertz CT molecular complexity index is 130. The second-order valence-electron chi connectivity index (χ2n) is 2.51. The van der Waals surface area contributed by atoms with Gasteiger partial charge in [-0.1, -0.05) is 0 Å². The predicted octanol–water partition coefficient (Wildman–Crippen LogP) is 2.25. The average Bonchev–Trinajstić information content (AvgIpc) is 1.81. The summed E-state index contributed by atoms with van der Waals surface area (Å²) >= 11 is 4.56. The molecule has 0 saturated heterocycles. The molecule has 0 atom stereocenters. The SMILES string of the molecule is CC(Cl)=[C](CN(C)C)[Hg][Cl]. The maximum atomic E-state index is 5.86. The van der Waals surface area contributed by atoms with E-state index in [0.29, 0.717) is 0 Å². The van der Waals surface area contributed by atoms with Gasteiger partial charge in [0, 0.05) is 0 Å². The number of likely N-dealkylation sites (N-methyl/N-ethyl adjacent to an activating group) is 1. The number of allylic oxidation sites excluding steroid dienone is 1. The van der Waals surface area contributed by atoms with Gasteiger partial charge in [0.25, 0.3) is 0 Å². The first-order chi connectivity index (χ1) is 4.57. The normalized spacial score (nSPS) is 13.0. The molecule has 0 spiro atoms. The zero-order valence-corrected chi connectivity index (χ0v) is 13.6. The molecule has 0 amide bonds. The third-order valence-electron chi connectivity index (χ3n) is 1.16. The van der Waals surface area contributed by atoms with Gasteiger partial charge in [-0.15, -0.1) is 0 Å². The molecule has 0 saturated carbocycles. The van der Waals surface area contributed by atoms with E-state index in [9.17, 15) is 0 Å². The van der Waals surface area contributed by atoms with Crippen molar-refractivity contribution in [3.63, 3.8) is 0 Å². The molecule has 0 fully saturated rings. The van der Waals surface area contributed by atoms with Crippen LogP contribution in [0.1, 0.15) is 6.92 Å². The van der Waals surface area contributed by atoms with Crippen LogP contribution in [0.4, 0.5) is 0 Å². The number of rotatable bonds is 3. The second kappa shape index (κ2) is 5.81. The van der Waals surface area contributed by atoms with E-state index in [1.165, 1.54) is 3.08 Å². The number of nitrogens with zero attached hydrogens (tertiary/aromatic N) is 1. The summed E-state index contributed by atoms with van der Waals surface area (Å²) in [5.41, 5.74) is 0. The zero-order chi connectivity index (χ0) is 8.15.